The summed E-state index contributed by atoms with van der Waals surface area (Å²) in [6, 6.07) is 9.24. The number of amides is 3. The highest BCUT2D eigenvalue weighted by molar-refractivity contribution is 5.91. The second-order valence-electron chi connectivity index (χ2n) is 4.76. The van der Waals surface area contributed by atoms with Crippen molar-refractivity contribution in [3.8, 4) is 0 Å². The number of nitrogens with one attached hydrogen (secondary N) is 3. The van der Waals surface area contributed by atoms with Crippen LogP contribution in [0.5, 0.6) is 0 Å². The quantitative estimate of drug-likeness (QED) is 0.679. The van der Waals surface area contributed by atoms with Crippen molar-refractivity contribution < 1.29 is 18.4 Å². The lowest BCUT2D eigenvalue weighted by Gasteiger charge is -2.08. The minimum absolute atomic E-state index is 0.222. The topological polar surface area (TPSA) is 83.4 Å². The van der Waals surface area contributed by atoms with Crippen LogP contribution in [0.3, 0.4) is 0 Å². The van der Waals surface area contributed by atoms with Crippen LogP contribution in [0.4, 0.5) is 9.18 Å². The van der Waals surface area contributed by atoms with Crippen molar-refractivity contribution in [3.63, 3.8) is 0 Å². The molecule has 23 heavy (non-hydrogen) atoms. The fraction of sp³-hybridized carbons (Fsp3) is 0.250. The monoisotopic (exact) mass is 319 g/mol. The molecule has 1 aromatic carbocycles. The Kier molecular flexibility index (Phi) is 6.17. The summed E-state index contributed by atoms with van der Waals surface area (Å²) in [6.07, 6.45) is 1.82. The molecule has 0 bridgehead atoms. The van der Waals surface area contributed by atoms with Gasteiger partial charge >= 0.3 is 6.03 Å². The smallest absolute Gasteiger partial charge is 0.314 e. The van der Waals surface area contributed by atoms with E-state index in [9.17, 15) is 14.0 Å². The fourth-order valence-electron chi connectivity index (χ4n) is 1.92. The van der Waals surface area contributed by atoms with Crippen LogP contribution in [0.25, 0.3) is 0 Å². The first-order chi connectivity index (χ1) is 11.2. The Morgan fingerprint density at radius 2 is 1.70 bits per heavy atom. The van der Waals surface area contributed by atoms with E-state index in [4.69, 9.17) is 4.42 Å². The molecule has 2 rings (SSSR count). The SMILES string of the molecule is O=C(NCCNC(=O)c1ccco1)NCCc1ccccc1F. The van der Waals surface area contributed by atoms with Gasteiger partial charge in [-0.3, -0.25) is 4.79 Å². The summed E-state index contributed by atoms with van der Waals surface area (Å²) >= 11 is 0. The van der Waals surface area contributed by atoms with Gasteiger partial charge in [-0.15, -0.1) is 0 Å². The molecule has 0 atom stereocenters. The van der Waals surface area contributed by atoms with Gasteiger partial charge in [0.15, 0.2) is 5.76 Å². The second-order valence-corrected chi connectivity index (χ2v) is 4.76. The second kappa shape index (κ2) is 8.57. The van der Waals surface area contributed by atoms with Gasteiger partial charge in [-0.2, -0.15) is 0 Å². The van der Waals surface area contributed by atoms with Crippen LogP contribution in [0.1, 0.15) is 16.1 Å². The molecule has 6 nitrogen and oxygen atoms in total. The highest BCUT2D eigenvalue weighted by Gasteiger charge is 2.07. The predicted molar refractivity (Wildman–Crippen MR) is 82.5 cm³/mol. The largest absolute Gasteiger partial charge is 0.459 e. The van der Waals surface area contributed by atoms with Gasteiger partial charge in [-0.1, -0.05) is 18.2 Å². The molecule has 0 unspecified atom stereocenters. The first kappa shape index (κ1) is 16.5. The molecule has 7 heteroatoms. The standard InChI is InChI=1S/C16H18FN3O3/c17-13-5-2-1-4-12(13)7-8-19-16(22)20-10-9-18-15(21)14-6-3-11-23-14/h1-6,11H,7-10H2,(H,18,21)(H2,19,20,22). The third kappa shape index (κ3) is 5.46. The molecular weight excluding hydrogens is 301 g/mol. The summed E-state index contributed by atoms with van der Waals surface area (Å²) < 4.78 is 18.3. The summed E-state index contributed by atoms with van der Waals surface area (Å²) in [5, 5.41) is 7.83. The van der Waals surface area contributed by atoms with Crippen molar-refractivity contribution >= 4 is 11.9 Å². The lowest BCUT2D eigenvalue weighted by molar-refractivity contribution is 0.0926. The Morgan fingerprint density at radius 3 is 2.43 bits per heavy atom. The average Bonchev–Trinajstić information content (AvgIpc) is 3.08. The summed E-state index contributed by atoms with van der Waals surface area (Å²) in [6.45, 7) is 0.879. The van der Waals surface area contributed by atoms with Gasteiger partial charge in [-0.25, -0.2) is 9.18 Å². The summed E-state index contributed by atoms with van der Waals surface area (Å²) in [7, 11) is 0. The zero-order valence-electron chi connectivity index (χ0n) is 12.5. The molecule has 0 aliphatic rings. The lowest BCUT2D eigenvalue weighted by Crippen LogP contribution is -2.40. The zero-order valence-corrected chi connectivity index (χ0v) is 12.5. The number of urea groups is 1. The van der Waals surface area contributed by atoms with E-state index in [0.29, 0.717) is 18.5 Å². The molecule has 0 aliphatic carbocycles. The molecule has 0 spiro atoms. The Bertz CT molecular complexity index is 644. The Balaban J connectivity index is 1.57. The third-order valence-corrected chi connectivity index (χ3v) is 3.08. The molecule has 122 valence electrons. The molecule has 0 fully saturated rings. The highest BCUT2D eigenvalue weighted by atomic mass is 19.1. The normalized spacial score (nSPS) is 10.1. The summed E-state index contributed by atoms with van der Waals surface area (Å²) in [4.78, 5) is 23.1. The van der Waals surface area contributed by atoms with Gasteiger partial charge < -0.3 is 20.4 Å². The van der Waals surface area contributed by atoms with Crippen LogP contribution in [-0.2, 0) is 6.42 Å². The molecule has 1 heterocycles. The van der Waals surface area contributed by atoms with E-state index >= 15 is 0 Å². The van der Waals surface area contributed by atoms with Crippen molar-refractivity contribution in [2.75, 3.05) is 19.6 Å². The van der Waals surface area contributed by atoms with Crippen LogP contribution in [0.2, 0.25) is 0 Å². The average molecular weight is 319 g/mol. The van der Waals surface area contributed by atoms with E-state index in [1.165, 1.54) is 12.3 Å². The van der Waals surface area contributed by atoms with Crippen molar-refractivity contribution in [3.05, 3.63) is 59.8 Å². The van der Waals surface area contributed by atoms with E-state index < -0.39 is 0 Å². The van der Waals surface area contributed by atoms with E-state index in [1.54, 1.807) is 30.3 Å². The minimum Gasteiger partial charge on any atom is -0.459 e. The minimum atomic E-state index is -0.367. The Morgan fingerprint density at radius 1 is 0.957 bits per heavy atom. The predicted octanol–water partition coefficient (Wildman–Crippen LogP) is 1.69. The maximum Gasteiger partial charge on any atom is 0.314 e. The zero-order chi connectivity index (χ0) is 16.5. The highest BCUT2D eigenvalue weighted by Crippen LogP contribution is 2.05. The van der Waals surface area contributed by atoms with Crippen molar-refractivity contribution in [1.29, 1.82) is 0 Å². The molecule has 0 radical (unpaired) electrons. The number of hydrogen-bond acceptors (Lipinski definition) is 3. The molecule has 3 N–H and O–H groups in total. The van der Waals surface area contributed by atoms with E-state index in [1.807, 2.05) is 0 Å². The Labute approximate surface area is 133 Å². The van der Waals surface area contributed by atoms with Crippen LogP contribution in [0.15, 0.2) is 47.1 Å². The number of carbonyl (C=O) groups excluding carboxylic acids is 2. The molecular formula is C16H18FN3O3. The van der Waals surface area contributed by atoms with E-state index in [2.05, 4.69) is 16.0 Å². The molecule has 0 saturated heterocycles. The van der Waals surface area contributed by atoms with Gasteiger partial charge in [-0.05, 0) is 30.2 Å². The number of furan rings is 1. The molecule has 0 saturated carbocycles. The number of benzene rings is 1. The van der Waals surface area contributed by atoms with Crippen molar-refractivity contribution in [1.82, 2.24) is 16.0 Å². The first-order valence-electron chi connectivity index (χ1n) is 7.23. The number of carbonyl (C=O) groups is 2. The van der Waals surface area contributed by atoms with Crippen LogP contribution in [0, 0.1) is 5.82 Å². The van der Waals surface area contributed by atoms with Crippen molar-refractivity contribution in [2.45, 2.75) is 6.42 Å². The molecule has 1 aromatic heterocycles. The molecule has 3 amide bonds. The van der Waals surface area contributed by atoms with E-state index in [0.717, 1.165) is 0 Å². The maximum atomic E-state index is 13.4. The van der Waals surface area contributed by atoms with Gasteiger partial charge in [0, 0.05) is 19.6 Å². The van der Waals surface area contributed by atoms with Crippen LogP contribution in [-0.4, -0.2) is 31.6 Å². The van der Waals surface area contributed by atoms with Gasteiger partial charge in [0.1, 0.15) is 5.82 Å². The lowest BCUT2D eigenvalue weighted by atomic mass is 10.1. The number of hydrogen-bond donors (Lipinski definition) is 3. The van der Waals surface area contributed by atoms with Crippen LogP contribution >= 0.6 is 0 Å². The summed E-state index contributed by atoms with van der Waals surface area (Å²) in [5.41, 5.74) is 0.554. The van der Waals surface area contributed by atoms with E-state index in [-0.39, 0.29) is 36.6 Å². The van der Waals surface area contributed by atoms with Crippen LogP contribution < -0.4 is 16.0 Å². The van der Waals surface area contributed by atoms with Gasteiger partial charge in [0.25, 0.3) is 5.91 Å². The fourth-order valence-corrected chi connectivity index (χ4v) is 1.92. The van der Waals surface area contributed by atoms with Gasteiger partial charge in [0.05, 0.1) is 6.26 Å². The molecule has 2 aromatic rings. The van der Waals surface area contributed by atoms with Gasteiger partial charge in [0.2, 0.25) is 0 Å². The maximum absolute atomic E-state index is 13.4. The Hall–Kier alpha value is -2.83. The number of rotatable bonds is 7. The first-order valence-corrected chi connectivity index (χ1v) is 7.23. The van der Waals surface area contributed by atoms with Crippen molar-refractivity contribution in [2.24, 2.45) is 0 Å². The summed E-state index contributed by atoms with van der Waals surface area (Å²) in [5.74, 6) is -0.397. The number of halogens is 1. The third-order valence-electron chi connectivity index (χ3n) is 3.08. The molecule has 0 aliphatic heterocycles.